The normalized spacial score (nSPS) is 24.0. The monoisotopic (exact) mass is 285 g/mol. The van der Waals surface area contributed by atoms with E-state index in [1.165, 1.54) is 4.90 Å². The molecule has 112 valence electrons. The van der Waals surface area contributed by atoms with E-state index in [9.17, 15) is 14.4 Å². The van der Waals surface area contributed by atoms with E-state index < -0.39 is 17.9 Å². The average Bonchev–Trinajstić information content (AvgIpc) is 2.69. The Morgan fingerprint density at radius 3 is 2.85 bits per heavy atom. The third-order valence-corrected chi connectivity index (χ3v) is 3.44. The molecule has 1 atom stereocenters. The maximum Gasteiger partial charge on any atom is 0.320 e. The highest BCUT2D eigenvalue weighted by Gasteiger charge is 2.36. The van der Waals surface area contributed by atoms with Gasteiger partial charge in [-0.2, -0.15) is 0 Å². The highest BCUT2D eigenvalue weighted by Crippen LogP contribution is 2.13. The molecular weight excluding hydrogens is 266 g/mol. The molecule has 1 unspecified atom stereocenters. The number of carbonyl (C=O) groups excluding carboxylic acids is 2. The predicted octanol–water partition coefficient (Wildman–Crippen LogP) is -0.896. The average molecular weight is 285 g/mol. The Labute approximate surface area is 116 Å². The lowest BCUT2D eigenvalue weighted by Crippen LogP contribution is -2.60. The number of rotatable bonds is 2. The molecule has 20 heavy (non-hydrogen) atoms. The van der Waals surface area contributed by atoms with Crippen LogP contribution >= 0.6 is 0 Å². The number of carboxylic acid groups (broad SMARTS) is 1. The SMILES string of the molecule is O=C(O)CC1C(=O)NCCN1C(=O)N1CCCOCC1. The zero-order chi connectivity index (χ0) is 14.5. The summed E-state index contributed by atoms with van der Waals surface area (Å²) in [4.78, 5) is 38.1. The molecule has 2 fully saturated rings. The first-order valence-corrected chi connectivity index (χ1v) is 6.72. The number of carbonyl (C=O) groups is 3. The summed E-state index contributed by atoms with van der Waals surface area (Å²) in [5, 5.41) is 11.5. The van der Waals surface area contributed by atoms with Crippen molar-refractivity contribution in [1.82, 2.24) is 15.1 Å². The molecule has 2 rings (SSSR count). The first kappa shape index (κ1) is 14.6. The maximum atomic E-state index is 12.5. The van der Waals surface area contributed by atoms with Crippen LogP contribution in [0.3, 0.4) is 0 Å². The molecule has 8 nitrogen and oxygen atoms in total. The standard InChI is InChI=1S/C12H19N3O5/c16-10(17)8-9-11(18)13-2-4-15(9)12(19)14-3-1-6-20-7-5-14/h9H,1-8H2,(H,13,18)(H,16,17). The lowest BCUT2D eigenvalue weighted by atomic mass is 10.1. The van der Waals surface area contributed by atoms with E-state index in [2.05, 4.69) is 5.32 Å². The summed E-state index contributed by atoms with van der Waals surface area (Å²) in [7, 11) is 0. The lowest BCUT2D eigenvalue weighted by molar-refractivity contribution is -0.142. The number of ether oxygens (including phenoxy) is 1. The number of amides is 3. The Morgan fingerprint density at radius 1 is 1.30 bits per heavy atom. The molecule has 2 heterocycles. The van der Waals surface area contributed by atoms with Gasteiger partial charge in [-0.3, -0.25) is 9.59 Å². The Kier molecular flexibility index (Phi) is 4.78. The van der Waals surface area contributed by atoms with Gasteiger partial charge in [0.25, 0.3) is 0 Å². The van der Waals surface area contributed by atoms with E-state index in [0.717, 1.165) is 6.42 Å². The molecular formula is C12H19N3O5. The van der Waals surface area contributed by atoms with Crippen molar-refractivity contribution in [2.45, 2.75) is 18.9 Å². The molecule has 2 N–H and O–H groups in total. The molecule has 0 spiro atoms. The van der Waals surface area contributed by atoms with Crippen molar-refractivity contribution in [3.05, 3.63) is 0 Å². The number of aliphatic carboxylic acids is 1. The highest BCUT2D eigenvalue weighted by atomic mass is 16.5. The summed E-state index contributed by atoms with van der Waals surface area (Å²) < 4.78 is 5.29. The van der Waals surface area contributed by atoms with E-state index in [0.29, 0.717) is 39.4 Å². The van der Waals surface area contributed by atoms with Crippen molar-refractivity contribution in [3.63, 3.8) is 0 Å². The van der Waals surface area contributed by atoms with Crippen LogP contribution in [0.5, 0.6) is 0 Å². The van der Waals surface area contributed by atoms with Crippen molar-refractivity contribution in [2.75, 3.05) is 39.4 Å². The molecule has 0 radical (unpaired) electrons. The van der Waals surface area contributed by atoms with Crippen LogP contribution in [0.2, 0.25) is 0 Å². The minimum Gasteiger partial charge on any atom is -0.481 e. The number of carboxylic acids is 1. The predicted molar refractivity (Wildman–Crippen MR) is 68.2 cm³/mol. The quantitative estimate of drug-likeness (QED) is 0.685. The van der Waals surface area contributed by atoms with Gasteiger partial charge in [0.2, 0.25) is 5.91 Å². The van der Waals surface area contributed by atoms with Gasteiger partial charge < -0.3 is 25.0 Å². The Bertz CT molecular complexity index is 393. The zero-order valence-electron chi connectivity index (χ0n) is 11.2. The fourth-order valence-corrected chi connectivity index (χ4v) is 2.43. The minimum atomic E-state index is -1.09. The number of hydrogen-bond donors (Lipinski definition) is 2. The van der Waals surface area contributed by atoms with Crippen molar-refractivity contribution >= 4 is 17.9 Å². The van der Waals surface area contributed by atoms with E-state index >= 15 is 0 Å². The molecule has 0 aliphatic carbocycles. The van der Waals surface area contributed by atoms with Crippen molar-refractivity contribution in [1.29, 1.82) is 0 Å². The van der Waals surface area contributed by atoms with E-state index in [4.69, 9.17) is 9.84 Å². The summed E-state index contributed by atoms with van der Waals surface area (Å²) in [6.07, 6.45) is 0.372. The van der Waals surface area contributed by atoms with E-state index in [1.54, 1.807) is 4.90 Å². The van der Waals surface area contributed by atoms with Crippen LogP contribution in [0, 0.1) is 0 Å². The van der Waals surface area contributed by atoms with Crippen LogP contribution in [0.25, 0.3) is 0 Å². The third-order valence-electron chi connectivity index (χ3n) is 3.44. The summed E-state index contributed by atoms with van der Waals surface area (Å²) in [5.74, 6) is -1.50. The third kappa shape index (κ3) is 3.38. The van der Waals surface area contributed by atoms with Crippen LogP contribution in [0.4, 0.5) is 4.79 Å². The molecule has 2 aliphatic heterocycles. The van der Waals surface area contributed by atoms with E-state index in [1.807, 2.05) is 0 Å². The second-order valence-corrected chi connectivity index (χ2v) is 4.83. The van der Waals surface area contributed by atoms with Gasteiger partial charge in [0.15, 0.2) is 0 Å². The fraction of sp³-hybridized carbons (Fsp3) is 0.750. The smallest absolute Gasteiger partial charge is 0.320 e. The summed E-state index contributed by atoms with van der Waals surface area (Å²) >= 11 is 0. The Morgan fingerprint density at radius 2 is 2.10 bits per heavy atom. The van der Waals surface area contributed by atoms with Gasteiger partial charge in [-0.1, -0.05) is 0 Å². The molecule has 3 amide bonds. The molecule has 0 bridgehead atoms. The number of nitrogens with zero attached hydrogens (tertiary/aromatic N) is 2. The van der Waals surface area contributed by atoms with Crippen molar-refractivity contribution < 1.29 is 24.2 Å². The van der Waals surface area contributed by atoms with Gasteiger partial charge in [0, 0.05) is 32.8 Å². The molecule has 2 saturated heterocycles. The molecule has 0 aromatic heterocycles. The summed E-state index contributed by atoms with van der Waals surface area (Å²) in [5.41, 5.74) is 0. The first-order chi connectivity index (χ1) is 9.59. The van der Waals surface area contributed by atoms with Crippen LogP contribution < -0.4 is 5.32 Å². The van der Waals surface area contributed by atoms with Gasteiger partial charge in [-0.05, 0) is 6.42 Å². The number of piperazine rings is 1. The van der Waals surface area contributed by atoms with Crippen LogP contribution in [-0.4, -0.2) is 78.2 Å². The Balaban J connectivity index is 2.07. The molecule has 0 saturated carbocycles. The van der Waals surface area contributed by atoms with Gasteiger partial charge in [-0.25, -0.2) is 4.79 Å². The molecule has 0 aromatic rings. The second-order valence-electron chi connectivity index (χ2n) is 4.83. The van der Waals surface area contributed by atoms with Gasteiger partial charge in [0.05, 0.1) is 13.0 Å². The molecule has 2 aliphatic rings. The lowest BCUT2D eigenvalue weighted by Gasteiger charge is -2.37. The number of urea groups is 1. The number of hydrogen-bond acceptors (Lipinski definition) is 4. The summed E-state index contributed by atoms with van der Waals surface area (Å²) in [6, 6.07) is -1.21. The first-order valence-electron chi connectivity index (χ1n) is 6.72. The second kappa shape index (κ2) is 6.56. The topological polar surface area (TPSA) is 99.2 Å². The molecule has 0 aromatic carbocycles. The van der Waals surface area contributed by atoms with Crippen molar-refractivity contribution in [2.24, 2.45) is 0 Å². The van der Waals surface area contributed by atoms with Gasteiger partial charge in [0.1, 0.15) is 6.04 Å². The minimum absolute atomic E-state index is 0.281. The van der Waals surface area contributed by atoms with E-state index in [-0.39, 0.29) is 12.5 Å². The fourth-order valence-electron chi connectivity index (χ4n) is 2.43. The molecule has 8 heteroatoms. The number of nitrogens with one attached hydrogen (secondary N) is 1. The Hall–Kier alpha value is -1.83. The van der Waals surface area contributed by atoms with Crippen LogP contribution in [-0.2, 0) is 14.3 Å². The van der Waals surface area contributed by atoms with Crippen LogP contribution in [0.1, 0.15) is 12.8 Å². The summed E-state index contributed by atoms with van der Waals surface area (Å²) in [6.45, 7) is 2.80. The van der Waals surface area contributed by atoms with Gasteiger partial charge in [-0.15, -0.1) is 0 Å². The maximum absolute atomic E-state index is 12.5. The van der Waals surface area contributed by atoms with Crippen LogP contribution in [0.15, 0.2) is 0 Å². The highest BCUT2D eigenvalue weighted by molar-refractivity contribution is 5.91. The zero-order valence-corrected chi connectivity index (χ0v) is 11.2. The van der Waals surface area contributed by atoms with Crippen molar-refractivity contribution in [3.8, 4) is 0 Å². The van der Waals surface area contributed by atoms with Gasteiger partial charge >= 0.3 is 12.0 Å². The largest absolute Gasteiger partial charge is 0.481 e.